The molecule has 2 aromatic carbocycles. The lowest BCUT2D eigenvalue weighted by atomic mass is 10.1. The minimum atomic E-state index is -4.63. The molecule has 3 aromatic rings. The predicted octanol–water partition coefficient (Wildman–Crippen LogP) is 4.71. The van der Waals surface area contributed by atoms with E-state index < -0.39 is 26.7 Å². The third-order valence-corrected chi connectivity index (χ3v) is 6.19. The molecule has 1 aromatic heterocycles. The van der Waals surface area contributed by atoms with Gasteiger partial charge in [-0.05, 0) is 37.1 Å². The summed E-state index contributed by atoms with van der Waals surface area (Å²) in [5.41, 5.74) is 0.449. The van der Waals surface area contributed by atoms with Gasteiger partial charge in [-0.25, -0.2) is 13.4 Å². The van der Waals surface area contributed by atoms with Gasteiger partial charge in [-0.15, -0.1) is 0 Å². The van der Waals surface area contributed by atoms with Crippen molar-refractivity contribution in [2.75, 3.05) is 4.72 Å². The summed E-state index contributed by atoms with van der Waals surface area (Å²) in [6.07, 6.45) is 0.232. The average molecular weight is 421 g/mol. The van der Waals surface area contributed by atoms with Crippen molar-refractivity contribution in [2.45, 2.75) is 36.9 Å². The SMILES string of the molecule is O=S(=O)(Nc1ccccc1-c1cn2c(n1)CCCC2)c1cccc(C(F)(F)F)c1. The normalized spacial score (nSPS) is 14.4. The Kier molecular flexibility index (Phi) is 4.85. The average Bonchev–Trinajstić information content (AvgIpc) is 3.11. The van der Waals surface area contributed by atoms with E-state index in [0.717, 1.165) is 49.8 Å². The quantitative estimate of drug-likeness (QED) is 0.664. The highest BCUT2D eigenvalue weighted by molar-refractivity contribution is 7.92. The molecule has 0 radical (unpaired) electrons. The van der Waals surface area contributed by atoms with Crippen molar-refractivity contribution in [1.82, 2.24) is 9.55 Å². The number of nitrogens with one attached hydrogen (secondary N) is 1. The lowest BCUT2D eigenvalue weighted by Crippen LogP contribution is -2.15. The Morgan fingerprint density at radius 3 is 2.59 bits per heavy atom. The van der Waals surface area contributed by atoms with E-state index in [2.05, 4.69) is 14.3 Å². The van der Waals surface area contributed by atoms with E-state index in [4.69, 9.17) is 0 Å². The second-order valence-electron chi connectivity index (χ2n) is 6.87. The van der Waals surface area contributed by atoms with Crippen LogP contribution in [0.4, 0.5) is 18.9 Å². The summed E-state index contributed by atoms with van der Waals surface area (Å²) in [6.45, 7) is 0.862. The third kappa shape index (κ3) is 4.00. The fourth-order valence-corrected chi connectivity index (χ4v) is 4.51. The summed E-state index contributed by atoms with van der Waals surface area (Å²) in [5, 5.41) is 0. The number of para-hydroxylation sites is 1. The van der Waals surface area contributed by atoms with E-state index in [0.29, 0.717) is 17.3 Å². The van der Waals surface area contributed by atoms with E-state index >= 15 is 0 Å². The molecular weight excluding hydrogens is 403 g/mol. The highest BCUT2D eigenvalue weighted by Gasteiger charge is 2.31. The Hall–Kier alpha value is -2.81. The van der Waals surface area contributed by atoms with Gasteiger partial charge in [0.1, 0.15) is 5.82 Å². The molecule has 0 atom stereocenters. The molecule has 1 aliphatic rings. The molecule has 0 spiro atoms. The van der Waals surface area contributed by atoms with Crippen molar-refractivity contribution >= 4 is 15.7 Å². The number of aryl methyl sites for hydroxylation is 2. The summed E-state index contributed by atoms with van der Waals surface area (Å²) in [4.78, 5) is 4.16. The van der Waals surface area contributed by atoms with E-state index in [1.54, 1.807) is 24.3 Å². The molecule has 0 aliphatic carbocycles. The molecule has 0 bridgehead atoms. The van der Waals surface area contributed by atoms with Crippen molar-refractivity contribution in [3.05, 3.63) is 66.1 Å². The van der Waals surface area contributed by atoms with Crippen molar-refractivity contribution < 1.29 is 21.6 Å². The zero-order valence-corrected chi connectivity index (χ0v) is 16.1. The molecule has 29 heavy (non-hydrogen) atoms. The smallest absolute Gasteiger partial charge is 0.334 e. The molecule has 0 saturated heterocycles. The summed E-state index contributed by atoms with van der Waals surface area (Å²) < 4.78 is 68.8. The topological polar surface area (TPSA) is 64.0 Å². The maximum atomic E-state index is 13.0. The van der Waals surface area contributed by atoms with Crippen LogP contribution in [0.15, 0.2) is 59.6 Å². The fourth-order valence-electron chi connectivity index (χ4n) is 3.38. The first-order valence-electron chi connectivity index (χ1n) is 9.09. The first kappa shape index (κ1) is 19.5. The van der Waals surface area contributed by atoms with Gasteiger partial charge in [0.25, 0.3) is 10.0 Å². The second-order valence-corrected chi connectivity index (χ2v) is 8.55. The van der Waals surface area contributed by atoms with Crippen LogP contribution in [0.2, 0.25) is 0 Å². The number of imidazole rings is 1. The van der Waals surface area contributed by atoms with Gasteiger partial charge in [0.05, 0.1) is 21.8 Å². The molecule has 4 rings (SSSR count). The summed E-state index contributed by atoms with van der Waals surface area (Å²) >= 11 is 0. The predicted molar refractivity (Wildman–Crippen MR) is 103 cm³/mol. The number of halogens is 3. The lowest BCUT2D eigenvalue weighted by Gasteiger charge is -2.13. The van der Waals surface area contributed by atoms with E-state index in [-0.39, 0.29) is 5.69 Å². The molecule has 5 nitrogen and oxygen atoms in total. The van der Waals surface area contributed by atoms with Crippen LogP contribution in [-0.2, 0) is 29.2 Å². The van der Waals surface area contributed by atoms with Gasteiger partial charge >= 0.3 is 6.18 Å². The molecule has 2 heterocycles. The van der Waals surface area contributed by atoms with Crippen LogP contribution in [0.25, 0.3) is 11.3 Å². The Bertz CT molecular complexity index is 1130. The van der Waals surface area contributed by atoms with Crippen molar-refractivity contribution in [3.8, 4) is 11.3 Å². The summed E-state index contributed by atoms with van der Waals surface area (Å²) in [6, 6.07) is 10.4. The first-order valence-corrected chi connectivity index (χ1v) is 10.6. The summed E-state index contributed by atoms with van der Waals surface area (Å²) in [7, 11) is -4.21. The molecule has 1 N–H and O–H groups in total. The number of aromatic nitrogens is 2. The lowest BCUT2D eigenvalue weighted by molar-refractivity contribution is -0.137. The van der Waals surface area contributed by atoms with Crippen LogP contribution in [0.1, 0.15) is 24.2 Å². The molecule has 152 valence electrons. The van der Waals surface area contributed by atoms with Crippen LogP contribution in [0.3, 0.4) is 0 Å². The standard InChI is InChI=1S/C20H18F3N3O2S/c21-20(22,23)14-6-5-7-15(12-14)29(27,28)25-17-9-2-1-8-16(17)18-13-26-11-4-3-10-19(26)24-18/h1-2,5-9,12-13,25H,3-4,10-11H2. The minimum absolute atomic E-state index is 0.264. The Morgan fingerprint density at radius 1 is 1.03 bits per heavy atom. The van der Waals surface area contributed by atoms with Crippen molar-refractivity contribution in [3.63, 3.8) is 0 Å². The minimum Gasteiger partial charge on any atom is -0.334 e. The number of fused-ring (bicyclic) bond motifs is 1. The number of alkyl halides is 3. The largest absolute Gasteiger partial charge is 0.416 e. The van der Waals surface area contributed by atoms with E-state index in [9.17, 15) is 21.6 Å². The van der Waals surface area contributed by atoms with Gasteiger partial charge in [0, 0.05) is 24.7 Å². The Morgan fingerprint density at radius 2 is 1.83 bits per heavy atom. The van der Waals surface area contributed by atoms with E-state index in [1.165, 1.54) is 0 Å². The molecule has 0 amide bonds. The van der Waals surface area contributed by atoms with Gasteiger partial charge in [-0.1, -0.05) is 24.3 Å². The first-order chi connectivity index (χ1) is 13.7. The van der Waals surface area contributed by atoms with Gasteiger partial charge < -0.3 is 4.57 Å². The van der Waals surface area contributed by atoms with Gasteiger partial charge in [-0.2, -0.15) is 13.2 Å². The fraction of sp³-hybridized carbons (Fsp3) is 0.250. The van der Waals surface area contributed by atoms with Crippen LogP contribution in [-0.4, -0.2) is 18.0 Å². The summed E-state index contributed by atoms with van der Waals surface area (Å²) in [5.74, 6) is 0.946. The monoisotopic (exact) mass is 421 g/mol. The van der Waals surface area contributed by atoms with Crippen molar-refractivity contribution in [2.24, 2.45) is 0 Å². The molecule has 0 unspecified atom stereocenters. The molecule has 1 aliphatic heterocycles. The molecule has 0 fully saturated rings. The van der Waals surface area contributed by atoms with Crippen molar-refractivity contribution in [1.29, 1.82) is 0 Å². The molecule has 9 heteroatoms. The van der Waals surface area contributed by atoms with Crippen LogP contribution >= 0.6 is 0 Å². The zero-order valence-electron chi connectivity index (χ0n) is 15.3. The Balaban J connectivity index is 1.69. The number of sulfonamides is 1. The van der Waals surface area contributed by atoms with Gasteiger partial charge in [0.15, 0.2) is 0 Å². The van der Waals surface area contributed by atoms with E-state index in [1.807, 2.05) is 6.20 Å². The number of rotatable bonds is 4. The van der Waals surface area contributed by atoms with Crippen LogP contribution < -0.4 is 4.72 Å². The highest BCUT2D eigenvalue weighted by atomic mass is 32.2. The van der Waals surface area contributed by atoms with Crippen LogP contribution in [0.5, 0.6) is 0 Å². The maximum Gasteiger partial charge on any atom is 0.416 e. The van der Waals surface area contributed by atoms with Crippen LogP contribution in [0, 0.1) is 0 Å². The number of hydrogen-bond donors (Lipinski definition) is 1. The third-order valence-electron chi connectivity index (χ3n) is 4.83. The van der Waals surface area contributed by atoms with Gasteiger partial charge in [-0.3, -0.25) is 4.72 Å². The number of anilines is 1. The highest BCUT2D eigenvalue weighted by Crippen LogP contribution is 2.33. The number of nitrogens with zero attached hydrogens (tertiary/aromatic N) is 2. The maximum absolute atomic E-state index is 13.0. The number of benzene rings is 2. The Labute approximate surface area is 166 Å². The zero-order chi connectivity index (χ0) is 20.6. The van der Waals surface area contributed by atoms with Gasteiger partial charge in [0.2, 0.25) is 0 Å². The number of hydrogen-bond acceptors (Lipinski definition) is 3. The molecular formula is C20H18F3N3O2S. The molecule has 0 saturated carbocycles. The second kappa shape index (κ2) is 7.22.